The van der Waals surface area contributed by atoms with Gasteiger partial charge in [0.05, 0.1) is 6.54 Å². The van der Waals surface area contributed by atoms with Crippen LogP contribution < -0.4 is 10.5 Å². The average Bonchev–Trinajstić information content (AvgIpc) is 2.76. The second-order valence-electron chi connectivity index (χ2n) is 3.33. The summed E-state index contributed by atoms with van der Waals surface area (Å²) in [6.45, 7) is 1.03. The number of rotatable bonds is 7. The van der Waals surface area contributed by atoms with Crippen LogP contribution >= 0.6 is 0 Å². The molecule has 7 nitrogen and oxygen atoms in total. The van der Waals surface area contributed by atoms with Crippen molar-refractivity contribution in [1.82, 2.24) is 19.0 Å². The molecule has 0 spiro atoms. The molecule has 92 valence electrons. The number of nitrogens with two attached hydrogens (primary N) is 1. The fraction of sp³-hybridized carbons (Fsp3) is 0.625. The van der Waals surface area contributed by atoms with Gasteiger partial charge in [-0.1, -0.05) is 0 Å². The van der Waals surface area contributed by atoms with Gasteiger partial charge in [0.15, 0.2) is 0 Å². The van der Waals surface area contributed by atoms with Crippen LogP contribution in [0.25, 0.3) is 0 Å². The number of aromatic amines is 1. The lowest BCUT2D eigenvalue weighted by molar-refractivity contribution is 0.452. The van der Waals surface area contributed by atoms with Crippen molar-refractivity contribution in [2.24, 2.45) is 5.73 Å². The van der Waals surface area contributed by atoms with Crippen LogP contribution in [0.15, 0.2) is 12.4 Å². The molecule has 0 aromatic carbocycles. The second kappa shape index (κ2) is 5.94. The monoisotopic (exact) mass is 247 g/mol. The minimum Gasteiger partial charge on any atom is -0.347 e. The van der Waals surface area contributed by atoms with Crippen LogP contribution in [0.5, 0.6) is 0 Å². The van der Waals surface area contributed by atoms with Crippen LogP contribution in [-0.2, 0) is 16.8 Å². The summed E-state index contributed by atoms with van der Waals surface area (Å²) >= 11 is 0. The Labute approximate surface area is 95.2 Å². The first-order chi connectivity index (χ1) is 7.56. The summed E-state index contributed by atoms with van der Waals surface area (Å²) in [5.74, 6) is 0.579. The molecule has 0 aliphatic heterocycles. The molecule has 8 heteroatoms. The van der Waals surface area contributed by atoms with E-state index in [1.165, 1.54) is 11.4 Å². The van der Waals surface area contributed by atoms with E-state index in [1.807, 2.05) is 0 Å². The molecule has 1 rings (SSSR count). The zero-order valence-electron chi connectivity index (χ0n) is 9.18. The third-order valence-corrected chi connectivity index (χ3v) is 3.58. The van der Waals surface area contributed by atoms with E-state index in [0.29, 0.717) is 25.3 Å². The summed E-state index contributed by atoms with van der Waals surface area (Å²) in [7, 11) is -1.93. The van der Waals surface area contributed by atoms with E-state index in [1.54, 1.807) is 12.4 Å². The Kier molecular flexibility index (Phi) is 4.87. The average molecular weight is 247 g/mol. The number of imidazole rings is 1. The Bertz CT molecular complexity index is 389. The third kappa shape index (κ3) is 3.89. The number of nitrogens with zero attached hydrogens (tertiary/aromatic N) is 2. The molecule has 0 aliphatic rings. The highest BCUT2D eigenvalue weighted by Crippen LogP contribution is 1.97. The molecule has 0 radical (unpaired) electrons. The summed E-state index contributed by atoms with van der Waals surface area (Å²) in [6.07, 6.45) is 3.85. The van der Waals surface area contributed by atoms with E-state index >= 15 is 0 Å². The van der Waals surface area contributed by atoms with Crippen LogP contribution in [0.2, 0.25) is 0 Å². The van der Waals surface area contributed by atoms with E-state index in [2.05, 4.69) is 14.7 Å². The molecule has 0 saturated heterocycles. The van der Waals surface area contributed by atoms with E-state index in [9.17, 15) is 8.42 Å². The lowest BCUT2D eigenvalue weighted by Crippen LogP contribution is -2.39. The highest BCUT2D eigenvalue weighted by atomic mass is 32.2. The van der Waals surface area contributed by atoms with Gasteiger partial charge in [-0.2, -0.15) is 17.4 Å². The van der Waals surface area contributed by atoms with Crippen molar-refractivity contribution >= 4 is 10.2 Å². The number of H-pyrrole nitrogens is 1. The SMILES string of the molecule is CN(CCCN)S(=O)(=O)NCc1ncc[nH]1. The molecule has 0 bridgehead atoms. The largest absolute Gasteiger partial charge is 0.347 e. The second-order valence-corrected chi connectivity index (χ2v) is 5.19. The van der Waals surface area contributed by atoms with Crippen molar-refractivity contribution < 1.29 is 8.42 Å². The molecule has 1 aromatic heterocycles. The Morgan fingerprint density at radius 1 is 1.62 bits per heavy atom. The molecule has 0 unspecified atom stereocenters. The summed E-state index contributed by atoms with van der Waals surface area (Å²) in [5, 5.41) is 0. The molecule has 1 aromatic rings. The fourth-order valence-corrected chi connectivity index (χ4v) is 2.01. The highest BCUT2D eigenvalue weighted by molar-refractivity contribution is 7.87. The predicted octanol–water partition coefficient (Wildman–Crippen LogP) is -0.975. The van der Waals surface area contributed by atoms with Gasteiger partial charge in [0.2, 0.25) is 0 Å². The van der Waals surface area contributed by atoms with E-state index in [0.717, 1.165) is 0 Å². The van der Waals surface area contributed by atoms with Crippen molar-refractivity contribution in [3.8, 4) is 0 Å². The maximum Gasteiger partial charge on any atom is 0.279 e. The molecule has 0 saturated carbocycles. The summed E-state index contributed by atoms with van der Waals surface area (Å²) in [4.78, 5) is 6.74. The van der Waals surface area contributed by atoms with Gasteiger partial charge in [0, 0.05) is 26.0 Å². The molecule has 0 aliphatic carbocycles. The molecule has 0 fully saturated rings. The van der Waals surface area contributed by atoms with Crippen molar-refractivity contribution in [2.75, 3.05) is 20.1 Å². The predicted molar refractivity (Wildman–Crippen MR) is 60.6 cm³/mol. The summed E-state index contributed by atoms with van der Waals surface area (Å²) in [6, 6.07) is 0. The van der Waals surface area contributed by atoms with Crippen LogP contribution in [-0.4, -0.2) is 42.8 Å². The zero-order chi connectivity index (χ0) is 12.0. The number of hydrogen-bond acceptors (Lipinski definition) is 4. The molecular weight excluding hydrogens is 230 g/mol. The van der Waals surface area contributed by atoms with E-state index in [-0.39, 0.29) is 6.54 Å². The molecular formula is C8H17N5O2S. The zero-order valence-corrected chi connectivity index (χ0v) is 10.00. The maximum absolute atomic E-state index is 11.7. The number of hydrogen-bond donors (Lipinski definition) is 3. The van der Waals surface area contributed by atoms with Crippen LogP contribution in [0.1, 0.15) is 12.2 Å². The summed E-state index contributed by atoms with van der Waals surface area (Å²) in [5.41, 5.74) is 5.31. The van der Waals surface area contributed by atoms with Crippen molar-refractivity contribution in [1.29, 1.82) is 0 Å². The van der Waals surface area contributed by atoms with E-state index < -0.39 is 10.2 Å². The van der Waals surface area contributed by atoms with Crippen molar-refractivity contribution in [3.05, 3.63) is 18.2 Å². The standard InChI is InChI=1S/C8H17N5O2S/c1-13(6-2-3-9)16(14,15)12-7-8-10-4-5-11-8/h4-5,12H,2-3,6-7,9H2,1H3,(H,10,11). The van der Waals surface area contributed by atoms with Gasteiger partial charge in [-0.05, 0) is 13.0 Å². The fourth-order valence-electron chi connectivity index (χ4n) is 1.10. The van der Waals surface area contributed by atoms with Gasteiger partial charge in [-0.15, -0.1) is 0 Å². The normalized spacial score (nSPS) is 12.2. The lowest BCUT2D eigenvalue weighted by atomic mass is 10.4. The Morgan fingerprint density at radius 2 is 2.38 bits per heavy atom. The number of aromatic nitrogens is 2. The van der Waals surface area contributed by atoms with Gasteiger partial charge >= 0.3 is 0 Å². The highest BCUT2D eigenvalue weighted by Gasteiger charge is 2.16. The maximum atomic E-state index is 11.7. The van der Waals surface area contributed by atoms with E-state index in [4.69, 9.17) is 5.73 Å². The van der Waals surface area contributed by atoms with Gasteiger partial charge in [-0.3, -0.25) is 0 Å². The molecule has 0 atom stereocenters. The third-order valence-electron chi connectivity index (χ3n) is 2.06. The molecule has 4 N–H and O–H groups in total. The smallest absolute Gasteiger partial charge is 0.279 e. The Hall–Kier alpha value is -0.960. The van der Waals surface area contributed by atoms with Crippen LogP contribution in [0.3, 0.4) is 0 Å². The minimum absolute atomic E-state index is 0.155. The van der Waals surface area contributed by atoms with Crippen LogP contribution in [0, 0.1) is 0 Å². The lowest BCUT2D eigenvalue weighted by Gasteiger charge is -2.16. The first-order valence-electron chi connectivity index (χ1n) is 4.95. The van der Waals surface area contributed by atoms with Gasteiger partial charge in [0.1, 0.15) is 5.82 Å². The quantitative estimate of drug-likeness (QED) is 0.576. The van der Waals surface area contributed by atoms with Crippen molar-refractivity contribution in [2.45, 2.75) is 13.0 Å². The first kappa shape index (κ1) is 13.1. The van der Waals surface area contributed by atoms with Crippen molar-refractivity contribution in [3.63, 3.8) is 0 Å². The summed E-state index contributed by atoms with van der Waals surface area (Å²) < 4.78 is 27.0. The van der Waals surface area contributed by atoms with Gasteiger partial charge in [0.25, 0.3) is 10.2 Å². The van der Waals surface area contributed by atoms with Gasteiger partial charge < -0.3 is 10.7 Å². The molecule has 16 heavy (non-hydrogen) atoms. The molecule has 0 amide bonds. The Balaban J connectivity index is 2.45. The molecule has 1 heterocycles. The minimum atomic E-state index is -3.44. The topological polar surface area (TPSA) is 104 Å². The Morgan fingerprint density at radius 3 is 2.94 bits per heavy atom. The first-order valence-corrected chi connectivity index (χ1v) is 6.39. The number of nitrogens with one attached hydrogen (secondary N) is 2. The van der Waals surface area contributed by atoms with Gasteiger partial charge in [-0.25, -0.2) is 4.98 Å². The van der Waals surface area contributed by atoms with Crippen LogP contribution in [0.4, 0.5) is 0 Å².